The SMILES string of the molecule is O=C([O-])c1cccc(Cn2cnc([N+](=O)[O-])n2)c1. The van der Waals surface area contributed by atoms with E-state index in [0.717, 1.165) is 0 Å². The molecule has 0 saturated carbocycles. The lowest BCUT2D eigenvalue weighted by molar-refractivity contribution is -0.394. The third kappa shape index (κ3) is 2.48. The van der Waals surface area contributed by atoms with Crippen molar-refractivity contribution in [2.45, 2.75) is 6.54 Å². The molecule has 0 amide bonds. The topological polar surface area (TPSA) is 114 Å². The molecule has 18 heavy (non-hydrogen) atoms. The average molecular weight is 247 g/mol. The summed E-state index contributed by atoms with van der Waals surface area (Å²) in [6.45, 7) is 0.196. The fourth-order valence-electron chi connectivity index (χ4n) is 1.43. The van der Waals surface area contributed by atoms with Crippen LogP contribution in [0.25, 0.3) is 0 Å². The molecule has 0 N–H and O–H groups in total. The zero-order chi connectivity index (χ0) is 13.1. The van der Waals surface area contributed by atoms with Gasteiger partial charge in [-0.1, -0.05) is 23.2 Å². The smallest absolute Gasteiger partial charge is 0.490 e. The molecule has 0 aliphatic carbocycles. The molecule has 0 aliphatic heterocycles. The molecule has 0 bridgehead atoms. The fraction of sp³-hybridized carbons (Fsp3) is 0.100. The number of carbonyl (C=O) groups is 1. The van der Waals surface area contributed by atoms with Crippen molar-refractivity contribution in [3.63, 3.8) is 0 Å². The maximum Gasteiger partial charge on any atom is 0.490 e. The number of carboxylic acid groups (broad SMARTS) is 1. The number of hydrogen-bond donors (Lipinski definition) is 0. The van der Waals surface area contributed by atoms with Crippen LogP contribution in [-0.4, -0.2) is 25.7 Å². The first kappa shape index (κ1) is 11.7. The molecular formula is C10H7N4O4-. The number of carboxylic acids is 1. The Labute approximate surface area is 101 Å². The van der Waals surface area contributed by atoms with Crippen molar-refractivity contribution in [2.24, 2.45) is 0 Å². The highest BCUT2D eigenvalue weighted by Crippen LogP contribution is 2.07. The fourth-order valence-corrected chi connectivity index (χ4v) is 1.43. The van der Waals surface area contributed by atoms with E-state index in [0.29, 0.717) is 5.56 Å². The van der Waals surface area contributed by atoms with Gasteiger partial charge in [0.15, 0.2) is 0 Å². The van der Waals surface area contributed by atoms with Crippen LogP contribution in [-0.2, 0) is 6.54 Å². The van der Waals surface area contributed by atoms with E-state index in [-0.39, 0.29) is 12.1 Å². The summed E-state index contributed by atoms with van der Waals surface area (Å²) in [7, 11) is 0. The summed E-state index contributed by atoms with van der Waals surface area (Å²) in [4.78, 5) is 23.8. The highest BCUT2D eigenvalue weighted by Gasteiger charge is 2.13. The van der Waals surface area contributed by atoms with Crippen LogP contribution in [0.5, 0.6) is 0 Å². The van der Waals surface area contributed by atoms with Gasteiger partial charge in [0.1, 0.15) is 0 Å². The molecule has 0 fully saturated rings. The number of benzene rings is 1. The lowest BCUT2D eigenvalue weighted by atomic mass is 10.1. The zero-order valence-electron chi connectivity index (χ0n) is 9.02. The van der Waals surface area contributed by atoms with Crippen LogP contribution < -0.4 is 5.11 Å². The van der Waals surface area contributed by atoms with Crippen LogP contribution >= 0.6 is 0 Å². The zero-order valence-corrected chi connectivity index (χ0v) is 9.02. The molecule has 8 nitrogen and oxygen atoms in total. The Morgan fingerprint density at radius 1 is 1.44 bits per heavy atom. The molecule has 2 rings (SSSR count). The van der Waals surface area contributed by atoms with Crippen molar-refractivity contribution in [1.82, 2.24) is 14.8 Å². The minimum Gasteiger partial charge on any atom is -0.545 e. The standard InChI is InChI=1S/C10H8N4O4/c15-9(16)8-3-1-2-7(4-8)5-13-6-11-10(12-13)14(17)18/h1-4,6H,5H2,(H,15,16)/p-1. The highest BCUT2D eigenvalue weighted by molar-refractivity contribution is 5.85. The first-order valence-corrected chi connectivity index (χ1v) is 4.90. The Kier molecular flexibility index (Phi) is 3.00. The molecule has 0 spiro atoms. The monoisotopic (exact) mass is 247 g/mol. The third-order valence-corrected chi connectivity index (χ3v) is 2.19. The second-order valence-corrected chi connectivity index (χ2v) is 3.49. The van der Waals surface area contributed by atoms with Crippen LogP contribution in [0.2, 0.25) is 0 Å². The molecule has 0 radical (unpaired) electrons. The Morgan fingerprint density at radius 2 is 2.22 bits per heavy atom. The van der Waals surface area contributed by atoms with E-state index in [4.69, 9.17) is 0 Å². The molecule has 8 heteroatoms. The van der Waals surface area contributed by atoms with Crippen molar-refractivity contribution in [3.05, 3.63) is 51.8 Å². The molecular weight excluding hydrogens is 240 g/mol. The van der Waals surface area contributed by atoms with Gasteiger partial charge in [0.25, 0.3) is 0 Å². The third-order valence-electron chi connectivity index (χ3n) is 2.19. The number of aromatic nitrogens is 3. The number of rotatable bonds is 4. The van der Waals surface area contributed by atoms with Gasteiger partial charge in [0, 0.05) is 5.10 Å². The molecule has 1 heterocycles. The number of aromatic carboxylic acids is 1. The number of nitro groups is 1. The van der Waals surface area contributed by atoms with Gasteiger partial charge in [0.2, 0.25) is 6.33 Å². The lowest BCUT2D eigenvalue weighted by Gasteiger charge is -2.04. The van der Waals surface area contributed by atoms with Gasteiger partial charge in [0.05, 0.1) is 12.5 Å². The maximum absolute atomic E-state index is 10.7. The van der Waals surface area contributed by atoms with Gasteiger partial charge < -0.3 is 20.0 Å². The minimum atomic E-state index is -1.28. The number of nitrogens with zero attached hydrogens (tertiary/aromatic N) is 4. The van der Waals surface area contributed by atoms with Crippen molar-refractivity contribution in [2.75, 3.05) is 0 Å². The van der Waals surface area contributed by atoms with Crippen molar-refractivity contribution < 1.29 is 14.8 Å². The Balaban J connectivity index is 2.20. The molecule has 1 aromatic carbocycles. The van der Waals surface area contributed by atoms with Crippen LogP contribution in [0.1, 0.15) is 15.9 Å². The van der Waals surface area contributed by atoms with Crippen LogP contribution in [0.4, 0.5) is 5.95 Å². The van der Waals surface area contributed by atoms with Gasteiger partial charge in [-0.15, -0.1) is 0 Å². The normalized spacial score (nSPS) is 10.2. The van der Waals surface area contributed by atoms with E-state index >= 15 is 0 Å². The maximum atomic E-state index is 10.7. The second-order valence-electron chi connectivity index (χ2n) is 3.49. The number of carbonyl (C=O) groups excluding carboxylic acids is 1. The van der Waals surface area contributed by atoms with Gasteiger partial charge in [-0.25, -0.2) is 0 Å². The van der Waals surface area contributed by atoms with Gasteiger partial charge >= 0.3 is 5.95 Å². The summed E-state index contributed by atoms with van der Waals surface area (Å²) in [5, 5.41) is 24.7. The molecule has 0 saturated heterocycles. The molecule has 0 unspecified atom stereocenters. The van der Waals surface area contributed by atoms with E-state index in [1.807, 2.05) is 0 Å². The summed E-state index contributed by atoms with van der Waals surface area (Å²) < 4.78 is 1.26. The minimum absolute atomic E-state index is 0.0436. The molecule has 2 aromatic rings. The largest absolute Gasteiger partial charge is 0.545 e. The van der Waals surface area contributed by atoms with Crippen molar-refractivity contribution in [3.8, 4) is 0 Å². The summed E-state index contributed by atoms with van der Waals surface area (Å²) in [5.41, 5.74) is 0.679. The first-order valence-electron chi connectivity index (χ1n) is 4.90. The van der Waals surface area contributed by atoms with Crippen molar-refractivity contribution in [1.29, 1.82) is 0 Å². The van der Waals surface area contributed by atoms with Crippen LogP contribution in [0, 0.1) is 10.1 Å². The molecule has 0 atom stereocenters. The summed E-state index contributed by atoms with van der Waals surface area (Å²) in [6.07, 6.45) is 1.21. The van der Waals surface area contributed by atoms with E-state index in [9.17, 15) is 20.0 Å². The molecule has 0 aliphatic rings. The van der Waals surface area contributed by atoms with E-state index in [2.05, 4.69) is 10.1 Å². The number of hydrogen-bond acceptors (Lipinski definition) is 6. The molecule has 1 aromatic heterocycles. The van der Waals surface area contributed by atoms with Crippen LogP contribution in [0.15, 0.2) is 30.6 Å². The predicted molar refractivity (Wildman–Crippen MR) is 56.6 cm³/mol. The van der Waals surface area contributed by atoms with Crippen LogP contribution in [0.3, 0.4) is 0 Å². The lowest BCUT2D eigenvalue weighted by Crippen LogP contribution is -2.22. The van der Waals surface area contributed by atoms with E-state index in [1.54, 1.807) is 12.1 Å². The van der Waals surface area contributed by atoms with Gasteiger partial charge in [-0.2, -0.15) is 4.68 Å². The summed E-state index contributed by atoms with van der Waals surface area (Å²) in [5.74, 6) is -1.77. The predicted octanol–water partition coefficient (Wildman–Crippen LogP) is -0.402. The highest BCUT2D eigenvalue weighted by atomic mass is 16.6. The summed E-state index contributed by atoms with van der Waals surface area (Å²) in [6, 6.07) is 6.07. The van der Waals surface area contributed by atoms with Gasteiger partial charge in [-0.3, -0.25) is 0 Å². The summed E-state index contributed by atoms with van der Waals surface area (Å²) >= 11 is 0. The Hall–Kier alpha value is -2.77. The second kappa shape index (κ2) is 4.62. The quantitative estimate of drug-likeness (QED) is 0.536. The first-order chi connectivity index (χ1) is 8.56. The van der Waals surface area contributed by atoms with E-state index in [1.165, 1.54) is 23.1 Å². The van der Waals surface area contributed by atoms with Gasteiger partial charge in [-0.05, 0) is 22.1 Å². The molecule has 92 valence electrons. The Bertz CT molecular complexity index is 607. The van der Waals surface area contributed by atoms with E-state index < -0.39 is 16.8 Å². The Morgan fingerprint density at radius 3 is 2.83 bits per heavy atom. The average Bonchev–Trinajstić information content (AvgIpc) is 2.78. The van der Waals surface area contributed by atoms with Crippen molar-refractivity contribution >= 4 is 11.9 Å².